The second kappa shape index (κ2) is 9.75. The molecule has 1 amide bonds. The molecule has 8 heteroatoms. The molecule has 2 aromatic carbocycles. The zero-order chi connectivity index (χ0) is 21.7. The summed E-state index contributed by atoms with van der Waals surface area (Å²) in [7, 11) is 0. The lowest BCUT2D eigenvalue weighted by molar-refractivity contribution is -0.113. The Morgan fingerprint density at radius 1 is 1.13 bits per heavy atom. The number of thioether (sulfide) groups is 1. The van der Waals surface area contributed by atoms with E-state index in [0.717, 1.165) is 11.3 Å². The lowest BCUT2D eigenvalue weighted by Gasteiger charge is -2.18. The van der Waals surface area contributed by atoms with Gasteiger partial charge in [0.25, 0.3) is 0 Å². The molecule has 30 heavy (non-hydrogen) atoms. The van der Waals surface area contributed by atoms with Gasteiger partial charge in [0, 0.05) is 11.7 Å². The summed E-state index contributed by atoms with van der Waals surface area (Å²) in [5, 5.41) is 12.1. The van der Waals surface area contributed by atoms with E-state index in [1.165, 1.54) is 23.9 Å². The number of benzene rings is 2. The largest absolute Gasteiger partial charge is 0.483 e. The summed E-state index contributed by atoms with van der Waals surface area (Å²) in [6.45, 7) is 7.86. The predicted octanol–water partition coefficient (Wildman–Crippen LogP) is 5.18. The van der Waals surface area contributed by atoms with Crippen LogP contribution in [0.2, 0.25) is 0 Å². The molecule has 0 radical (unpaired) electrons. The molecular formula is C22H25FN4O2S. The summed E-state index contributed by atoms with van der Waals surface area (Å²) < 4.78 is 21.0. The molecule has 1 heterocycles. The van der Waals surface area contributed by atoms with Crippen molar-refractivity contribution < 1.29 is 13.9 Å². The Bertz CT molecular complexity index is 1000. The van der Waals surface area contributed by atoms with Crippen LogP contribution in [0.3, 0.4) is 0 Å². The van der Waals surface area contributed by atoms with Crippen LogP contribution in [0.5, 0.6) is 5.75 Å². The third kappa shape index (κ3) is 5.38. The van der Waals surface area contributed by atoms with Gasteiger partial charge in [-0.2, -0.15) is 0 Å². The highest BCUT2D eigenvalue weighted by molar-refractivity contribution is 7.99. The van der Waals surface area contributed by atoms with Crippen LogP contribution in [0.4, 0.5) is 10.1 Å². The SMILES string of the molecule is Cc1ccccc1NC(=O)CSc1nnc(C(C)Oc2ccc(F)cc2)n1C(C)C. The third-order valence-electron chi connectivity index (χ3n) is 4.45. The molecule has 1 N–H and O–H groups in total. The van der Waals surface area contributed by atoms with E-state index in [1.807, 2.05) is 56.5 Å². The smallest absolute Gasteiger partial charge is 0.234 e. The molecule has 3 aromatic rings. The first-order valence-corrected chi connectivity index (χ1v) is 10.7. The highest BCUT2D eigenvalue weighted by Crippen LogP contribution is 2.28. The number of nitrogens with zero attached hydrogens (tertiary/aromatic N) is 3. The number of rotatable bonds is 8. The van der Waals surface area contributed by atoms with Crippen LogP contribution < -0.4 is 10.1 Å². The lowest BCUT2D eigenvalue weighted by atomic mass is 10.2. The first kappa shape index (κ1) is 21.8. The molecule has 0 saturated heterocycles. The Morgan fingerprint density at radius 3 is 2.50 bits per heavy atom. The Labute approximate surface area is 179 Å². The number of hydrogen-bond donors (Lipinski definition) is 1. The van der Waals surface area contributed by atoms with Crippen LogP contribution in [-0.2, 0) is 4.79 Å². The minimum absolute atomic E-state index is 0.0798. The van der Waals surface area contributed by atoms with Crippen molar-refractivity contribution in [1.29, 1.82) is 0 Å². The van der Waals surface area contributed by atoms with Crippen molar-refractivity contribution in [3.63, 3.8) is 0 Å². The Morgan fingerprint density at radius 2 is 1.83 bits per heavy atom. The number of anilines is 1. The first-order valence-electron chi connectivity index (χ1n) is 9.70. The van der Waals surface area contributed by atoms with Crippen molar-refractivity contribution in [2.75, 3.05) is 11.1 Å². The molecule has 1 atom stereocenters. The van der Waals surface area contributed by atoms with Gasteiger partial charge in [-0.3, -0.25) is 4.79 Å². The molecule has 0 aliphatic rings. The fourth-order valence-electron chi connectivity index (χ4n) is 2.95. The number of carbonyl (C=O) groups excluding carboxylic acids is 1. The second-order valence-corrected chi connectivity index (χ2v) is 8.11. The van der Waals surface area contributed by atoms with E-state index in [0.29, 0.717) is 16.7 Å². The molecule has 0 aliphatic carbocycles. The Balaban J connectivity index is 1.68. The number of aromatic nitrogens is 3. The number of nitrogens with one attached hydrogen (secondary N) is 1. The van der Waals surface area contributed by atoms with Gasteiger partial charge >= 0.3 is 0 Å². The Kier molecular flexibility index (Phi) is 7.10. The van der Waals surface area contributed by atoms with Crippen molar-refractivity contribution in [3.05, 3.63) is 65.7 Å². The van der Waals surface area contributed by atoms with Crippen LogP contribution in [-0.4, -0.2) is 26.4 Å². The standard InChI is InChI=1S/C22H25FN4O2S/c1-14(2)27-21(16(4)29-18-11-9-17(23)10-12-18)25-26-22(27)30-13-20(28)24-19-8-6-5-7-15(19)3/h5-12,14,16H,13H2,1-4H3,(H,24,28). The number of hydrogen-bond acceptors (Lipinski definition) is 5. The van der Waals surface area contributed by atoms with Gasteiger partial charge in [-0.1, -0.05) is 30.0 Å². The van der Waals surface area contributed by atoms with E-state index in [-0.39, 0.29) is 29.6 Å². The molecule has 0 bridgehead atoms. The molecule has 3 rings (SSSR count). The van der Waals surface area contributed by atoms with Crippen LogP contribution in [0.1, 0.15) is 44.3 Å². The molecule has 1 unspecified atom stereocenters. The van der Waals surface area contributed by atoms with Gasteiger partial charge < -0.3 is 14.6 Å². The number of amides is 1. The van der Waals surface area contributed by atoms with E-state index < -0.39 is 0 Å². The van der Waals surface area contributed by atoms with Crippen molar-refractivity contribution >= 4 is 23.4 Å². The third-order valence-corrected chi connectivity index (χ3v) is 5.39. The molecule has 158 valence electrons. The summed E-state index contributed by atoms with van der Waals surface area (Å²) in [6, 6.07) is 13.6. The van der Waals surface area contributed by atoms with E-state index >= 15 is 0 Å². The average Bonchev–Trinajstić information content (AvgIpc) is 3.14. The number of aryl methyl sites for hydroxylation is 1. The van der Waals surface area contributed by atoms with E-state index in [2.05, 4.69) is 15.5 Å². The maximum atomic E-state index is 13.1. The fourth-order valence-corrected chi connectivity index (χ4v) is 3.82. The van der Waals surface area contributed by atoms with E-state index in [9.17, 15) is 9.18 Å². The number of halogens is 1. The molecule has 0 spiro atoms. The van der Waals surface area contributed by atoms with Crippen molar-refractivity contribution in [3.8, 4) is 5.75 Å². The lowest BCUT2D eigenvalue weighted by Crippen LogP contribution is -2.17. The predicted molar refractivity (Wildman–Crippen MR) is 116 cm³/mol. The van der Waals surface area contributed by atoms with Crippen molar-refractivity contribution in [2.45, 2.75) is 45.0 Å². The fraction of sp³-hybridized carbons (Fsp3) is 0.318. The first-order chi connectivity index (χ1) is 14.3. The molecule has 0 aliphatic heterocycles. The highest BCUT2D eigenvalue weighted by Gasteiger charge is 2.22. The maximum absolute atomic E-state index is 13.1. The zero-order valence-electron chi connectivity index (χ0n) is 17.4. The normalized spacial score (nSPS) is 12.1. The highest BCUT2D eigenvalue weighted by atomic mass is 32.2. The molecule has 6 nitrogen and oxygen atoms in total. The van der Waals surface area contributed by atoms with Crippen molar-refractivity contribution in [1.82, 2.24) is 14.8 Å². The molecule has 0 fully saturated rings. The topological polar surface area (TPSA) is 69.0 Å². The summed E-state index contributed by atoms with van der Waals surface area (Å²) in [5.41, 5.74) is 1.81. The summed E-state index contributed by atoms with van der Waals surface area (Å²) >= 11 is 1.33. The van der Waals surface area contributed by atoms with Gasteiger partial charge in [0.1, 0.15) is 11.6 Å². The van der Waals surface area contributed by atoms with E-state index in [1.54, 1.807) is 12.1 Å². The maximum Gasteiger partial charge on any atom is 0.234 e. The number of carbonyl (C=O) groups is 1. The molecule has 1 aromatic heterocycles. The second-order valence-electron chi connectivity index (χ2n) is 7.17. The molecular weight excluding hydrogens is 403 g/mol. The zero-order valence-corrected chi connectivity index (χ0v) is 18.2. The quantitative estimate of drug-likeness (QED) is 0.501. The minimum atomic E-state index is -0.388. The molecule has 0 saturated carbocycles. The Hall–Kier alpha value is -2.87. The van der Waals surface area contributed by atoms with Gasteiger partial charge in [0.15, 0.2) is 17.1 Å². The average molecular weight is 429 g/mol. The van der Waals surface area contributed by atoms with Crippen LogP contribution in [0.25, 0.3) is 0 Å². The van der Waals surface area contributed by atoms with Gasteiger partial charge in [0.05, 0.1) is 5.75 Å². The summed E-state index contributed by atoms with van der Waals surface area (Å²) in [6.07, 6.45) is -0.388. The van der Waals surface area contributed by atoms with Gasteiger partial charge in [0.2, 0.25) is 5.91 Å². The summed E-state index contributed by atoms with van der Waals surface area (Å²) in [5.74, 6) is 0.991. The van der Waals surface area contributed by atoms with Crippen molar-refractivity contribution in [2.24, 2.45) is 0 Å². The van der Waals surface area contributed by atoms with E-state index in [4.69, 9.17) is 4.74 Å². The number of ether oxygens (including phenoxy) is 1. The van der Waals surface area contributed by atoms with Crippen LogP contribution in [0.15, 0.2) is 53.7 Å². The van der Waals surface area contributed by atoms with Crippen LogP contribution in [0, 0.1) is 12.7 Å². The summed E-state index contributed by atoms with van der Waals surface area (Å²) in [4.78, 5) is 12.4. The van der Waals surface area contributed by atoms with Gasteiger partial charge in [-0.25, -0.2) is 4.39 Å². The van der Waals surface area contributed by atoms with Crippen LogP contribution >= 0.6 is 11.8 Å². The monoisotopic (exact) mass is 428 g/mol. The van der Waals surface area contributed by atoms with Gasteiger partial charge in [-0.15, -0.1) is 10.2 Å². The minimum Gasteiger partial charge on any atom is -0.483 e. The number of para-hydroxylation sites is 1. The van der Waals surface area contributed by atoms with Gasteiger partial charge in [-0.05, 0) is 63.6 Å².